The van der Waals surface area contributed by atoms with Gasteiger partial charge < -0.3 is 10.0 Å². The first-order valence-electron chi connectivity index (χ1n) is 10.3. The van der Waals surface area contributed by atoms with Gasteiger partial charge in [0.25, 0.3) is 5.91 Å². The van der Waals surface area contributed by atoms with E-state index >= 15 is 0 Å². The summed E-state index contributed by atoms with van der Waals surface area (Å²) in [6, 6.07) is 16.9. The molecule has 0 spiro atoms. The number of amides is 1. The van der Waals surface area contributed by atoms with Crippen LogP contribution in [0.1, 0.15) is 44.7 Å². The zero-order valence-corrected chi connectivity index (χ0v) is 16.2. The van der Waals surface area contributed by atoms with E-state index in [1.165, 1.54) is 22.6 Å². The molecule has 1 saturated heterocycles. The minimum atomic E-state index is -0.211. The monoisotopic (exact) mass is 385 g/mol. The summed E-state index contributed by atoms with van der Waals surface area (Å²) in [5.74, 6) is -0.313. The molecule has 0 aromatic heterocycles. The van der Waals surface area contributed by atoms with Crippen molar-refractivity contribution in [2.45, 2.75) is 25.7 Å². The second-order valence-electron chi connectivity index (χ2n) is 8.08. The summed E-state index contributed by atoms with van der Waals surface area (Å²) in [4.78, 5) is 28.0. The van der Waals surface area contributed by atoms with Crippen LogP contribution in [-0.2, 0) is 12.8 Å². The maximum Gasteiger partial charge on any atom is 0.257 e. The first kappa shape index (κ1) is 17.9. The molecule has 0 saturated carbocycles. The van der Waals surface area contributed by atoms with Crippen molar-refractivity contribution in [2.24, 2.45) is 5.92 Å². The maximum atomic E-state index is 13.4. The molecule has 0 radical (unpaired) electrons. The van der Waals surface area contributed by atoms with E-state index in [0.717, 1.165) is 36.6 Å². The Bertz CT molecular complexity index is 1120. The number of aromatic hydroxyl groups is 1. The fourth-order valence-electron chi connectivity index (χ4n) is 4.88. The largest absolute Gasteiger partial charge is 0.507 e. The number of ketones is 1. The fourth-order valence-corrected chi connectivity index (χ4v) is 4.88. The molecule has 1 heterocycles. The molecule has 146 valence electrons. The van der Waals surface area contributed by atoms with Crippen LogP contribution in [0, 0.1) is 5.92 Å². The van der Waals surface area contributed by atoms with Gasteiger partial charge in [-0.25, -0.2) is 0 Å². The summed E-state index contributed by atoms with van der Waals surface area (Å²) in [5.41, 5.74) is 3.72. The van der Waals surface area contributed by atoms with Gasteiger partial charge in [-0.1, -0.05) is 42.5 Å². The van der Waals surface area contributed by atoms with Crippen molar-refractivity contribution in [3.63, 3.8) is 0 Å². The Morgan fingerprint density at radius 2 is 1.69 bits per heavy atom. The van der Waals surface area contributed by atoms with Crippen LogP contribution in [0.4, 0.5) is 0 Å². The van der Waals surface area contributed by atoms with Crippen LogP contribution in [0.3, 0.4) is 0 Å². The van der Waals surface area contributed by atoms with E-state index in [1.54, 1.807) is 23.1 Å². The molecule has 1 atom stereocenters. The van der Waals surface area contributed by atoms with Gasteiger partial charge in [-0.05, 0) is 59.7 Å². The lowest BCUT2D eigenvalue weighted by Gasteiger charge is -2.32. The average molecular weight is 385 g/mol. The van der Waals surface area contributed by atoms with Crippen molar-refractivity contribution in [2.75, 3.05) is 13.1 Å². The van der Waals surface area contributed by atoms with Gasteiger partial charge in [0.1, 0.15) is 5.75 Å². The molecule has 4 heteroatoms. The summed E-state index contributed by atoms with van der Waals surface area (Å²) in [6.45, 7) is 1.01. The number of hydrogen-bond acceptors (Lipinski definition) is 3. The van der Waals surface area contributed by atoms with Crippen molar-refractivity contribution in [1.29, 1.82) is 0 Å². The van der Waals surface area contributed by atoms with E-state index < -0.39 is 0 Å². The van der Waals surface area contributed by atoms with E-state index in [4.69, 9.17) is 0 Å². The minimum absolute atomic E-state index is 0.0153. The van der Waals surface area contributed by atoms with Crippen LogP contribution in [0.2, 0.25) is 0 Å². The van der Waals surface area contributed by atoms with Crippen molar-refractivity contribution in [3.8, 4) is 5.75 Å². The van der Waals surface area contributed by atoms with Crippen LogP contribution >= 0.6 is 0 Å². The lowest BCUT2D eigenvalue weighted by Crippen LogP contribution is -2.42. The molecule has 3 aromatic rings. The number of nitrogens with zero attached hydrogens (tertiary/aromatic N) is 1. The molecule has 3 aromatic carbocycles. The number of carbonyl (C=O) groups excluding carboxylic acids is 2. The van der Waals surface area contributed by atoms with Gasteiger partial charge in [-0.15, -0.1) is 0 Å². The standard InChI is InChI=1S/C25H23NO3/c27-22-9-2-1-7-21(22)25(29)26-14-4-6-18(15-26)24(28)20-13-12-17-11-10-16-5-3-8-19(20)23(16)17/h1-3,5,7-9,12-13,18,27H,4,6,10-11,14-15H2/t18-/m0/s1. The summed E-state index contributed by atoms with van der Waals surface area (Å²) < 4.78 is 0. The number of rotatable bonds is 3. The minimum Gasteiger partial charge on any atom is -0.507 e. The summed E-state index contributed by atoms with van der Waals surface area (Å²) >= 11 is 0. The fraction of sp³-hybridized carbons (Fsp3) is 0.280. The van der Waals surface area contributed by atoms with Crippen molar-refractivity contribution >= 4 is 22.5 Å². The number of aryl methyl sites for hydroxylation is 2. The Hall–Kier alpha value is -3.14. The second kappa shape index (κ2) is 7.03. The zero-order valence-electron chi connectivity index (χ0n) is 16.2. The van der Waals surface area contributed by atoms with Gasteiger partial charge >= 0.3 is 0 Å². The maximum absolute atomic E-state index is 13.4. The van der Waals surface area contributed by atoms with Crippen LogP contribution in [-0.4, -0.2) is 34.8 Å². The number of carbonyl (C=O) groups is 2. The summed E-state index contributed by atoms with van der Waals surface area (Å²) in [7, 11) is 0. The van der Waals surface area contributed by atoms with Crippen molar-refractivity contribution in [1.82, 2.24) is 4.90 Å². The Morgan fingerprint density at radius 3 is 2.52 bits per heavy atom. The van der Waals surface area contributed by atoms with E-state index in [0.29, 0.717) is 18.7 Å². The number of likely N-dealkylation sites (tertiary alicyclic amines) is 1. The molecule has 1 fully saturated rings. The summed E-state index contributed by atoms with van der Waals surface area (Å²) in [5, 5.41) is 12.3. The molecule has 1 N–H and O–H groups in total. The molecule has 2 aliphatic rings. The Kier molecular flexibility index (Phi) is 4.35. The number of piperidine rings is 1. The quantitative estimate of drug-likeness (QED) is 0.681. The van der Waals surface area contributed by atoms with E-state index in [-0.39, 0.29) is 23.4 Å². The Morgan fingerprint density at radius 1 is 0.897 bits per heavy atom. The summed E-state index contributed by atoms with van der Waals surface area (Å²) in [6.07, 6.45) is 3.65. The highest BCUT2D eigenvalue weighted by Gasteiger charge is 2.31. The van der Waals surface area contributed by atoms with Gasteiger partial charge in [-0.3, -0.25) is 9.59 Å². The van der Waals surface area contributed by atoms with Crippen LogP contribution in [0.25, 0.3) is 10.8 Å². The topological polar surface area (TPSA) is 57.6 Å². The first-order chi connectivity index (χ1) is 14.1. The molecule has 4 nitrogen and oxygen atoms in total. The Labute approximate surface area is 169 Å². The SMILES string of the molecule is O=C(c1ccc2c3c(cccc13)CC2)[C@H]1CCCN(C(=O)c2ccccc2O)C1. The third kappa shape index (κ3) is 3.00. The smallest absolute Gasteiger partial charge is 0.257 e. The average Bonchev–Trinajstić information content (AvgIpc) is 3.18. The highest BCUT2D eigenvalue weighted by molar-refractivity contribution is 6.11. The molecule has 1 amide bonds. The van der Waals surface area contributed by atoms with Crippen molar-refractivity contribution in [3.05, 3.63) is 76.9 Å². The lowest BCUT2D eigenvalue weighted by molar-refractivity contribution is 0.0635. The number of benzene rings is 3. The molecular formula is C25H23NO3. The molecule has 1 aliphatic carbocycles. The van der Waals surface area contributed by atoms with Gasteiger partial charge in [0.2, 0.25) is 0 Å². The molecule has 1 aliphatic heterocycles. The third-order valence-corrected chi connectivity index (χ3v) is 6.36. The van der Waals surface area contributed by atoms with Crippen LogP contribution in [0.15, 0.2) is 54.6 Å². The van der Waals surface area contributed by atoms with E-state index in [2.05, 4.69) is 18.2 Å². The van der Waals surface area contributed by atoms with Crippen molar-refractivity contribution < 1.29 is 14.7 Å². The van der Waals surface area contributed by atoms with E-state index in [9.17, 15) is 14.7 Å². The number of Topliss-reactive ketones (excluding diaryl/α,β-unsaturated/α-hetero) is 1. The molecule has 0 bridgehead atoms. The van der Waals surface area contributed by atoms with Crippen LogP contribution < -0.4 is 0 Å². The predicted molar refractivity (Wildman–Crippen MR) is 112 cm³/mol. The van der Waals surface area contributed by atoms with Gasteiger partial charge in [0, 0.05) is 24.6 Å². The normalized spacial score (nSPS) is 18.2. The van der Waals surface area contributed by atoms with Gasteiger partial charge in [0.15, 0.2) is 5.78 Å². The molecule has 0 unspecified atom stereocenters. The van der Waals surface area contributed by atoms with Gasteiger partial charge in [-0.2, -0.15) is 0 Å². The second-order valence-corrected chi connectivity index (χ2v) is 8.08. The van der Waals surface area contributed by atoms with E-state index in [1.807, 2.05) is 12.1 Å². The highest BCUT2D eigenvalue weighted by Crippen LogP contribution is 2.34. The Balaban J connectivity index is 1.43. The number of phenolic OH excluding ortho intramolecular Hbond substituents is 1. The number of para-hydroxylation sites is 1. The number of hydrogen-bond donors (Lipinski definition) is 1. The first-order valence-corrected chi connectivity index (χ1v) is 10.3. The zero-order chi connectivity index (χ0) is 20.0. The van der Waals surface area contributed by atoms with Crippen LogP contribution in [0.5, 0.6) is 5.75 Å². The molecule has 5 rings (SSSR count). The lowest BCUT2D eigenvalue weighted by atomic mass is 9.87. The highest BCUT2D eigenvalue weighted by atomic mass is 16.3. The molecular weight excluding hydrogens is 362 g/mol. The number of phenols is 1. The third-order valence-electron chi connectivity index (χ3n) is 6.36. The predicted octanol–water partition coefficient (Wildman–Crippen LogP) is 4.38. The molecule has 29 heavy (non-hydrogen) atoms. The van der Waals surface area contributed by atoms with Gasteiger partial charge in [0.05, 0.1) is 5.56 Å².